The van der Waals surface area contributed by atoms with Crippen molar-refractivity contribution in [1.29, 1.82) is 31.6 Å². The Labute approximate surface area is 860 Å². The second-order valence-electron chi connectivity index (χ2n) is 36.8. The molecule has 27 aromatic rings. The fourth-order valence-corrected chi connectivity index (χ4v) is 22.3. The van der Waals surface area contributed by atoms with Crippen LogP contribution < -0.4 is 0 Å². The molecule has 0 radical (unpaired) electrons. The smallest absolute Gasteiger partial charge is 0.189 e. The first-order valence-electron chi connectivity index (χ1n) is 48.8. The summed E-state index contributed by atoms with van der Waals surface area (Å²) in [7, 11) is 0. The van der Waals surface area contributed by atoms with Crippen LogP contribution in [0.25, 0.3) is 246 Å². The molecule has 0 bridgehead atoms. The fraction of sp³-hybridized carbons (Fsp3) is 0. The van der Waals surface area contributed by atoms with Crippen molar-refractivity contribution < 1.29 is 0 Å². The zero-order chi connectivity index (χ0) is 101. The molecular weight excluding hydrogens is 1830 g/mol. The van der Waals surface area contributed by atoms with Gasteiger partial charge in [0.05, 0.1) is 155 Å². The van der Waals surface area contributed by atoms with Gasteiger partial charge in [0.2, 0.25) is 0 Å². The molecule has 15 heteroatoms. The molecule has 15 nitrogen and oxygen atoms in total. The van der Waals surface area contributed by atoms with Crippen LogP contribution in [-0.4, -0.2) is 27.4 Å². The number of nitrogens with zero attached hydrogens (tertiary/aromatic N) is 15. The first-order valence-corrected chi connectivity index (χ1v) is 48.8. The highest BCUT2D eigenvalue weighted by Gasteiger charge is 2.27. The molecule has 21 aromatic carbocycles. The molecule has 27 rings (SSSR count). The standard InChI is InChI=1S/3C45H25N5/c1-47-31-19-24-44-40(26-31)39-25-29(28-46)15-23-43(39)49(44)33-20-16-30(17-21-33)34-9-3-4-10-35(34)38-22-18-32(48-2)27-45(38)50-41-13-7-5-11-36(41)37-12-6-8-14-42(37)50;1-48-32-20-23-38(44(26-32)50-40-14-6-4-12-36(40)37-13-5-7-15-41(37)50)35-11-3-2-10-34(35)30-18-21-33(22-19-30)49-42-24-17-29(27-46)25-39(42)45-31(28-47)9-8-16-43(45)49;46-26-29-17-23-44(50-42-15-6-3-11-36(42)38-13-7-8-32(28-48)45(38)50)39(24-29)35-10-2-1-9-34(35)31-18-20-33(21-19-31)49-41-14-5-4-12-37(41)40-25-30(27-47)16-22-43(40)49/h3-27H;2-26H;1-25H. The Bertz CT molecular complexity index is 10600. The molecule has 0 unspecified atom stereocenters. The normalized spacial score (nSPS) is 11.1. The van der Waals surface area contributed by atoms with Gasteiger partial charge >= 0.3 is 0 Å². The quantitative estimate of drug-likeness (QED) is 0.110. The SMILES string of the molecule is N#Cc1ccc(-n2c3ccccc3c3cccc(C#N)c32)c(-c2ccccc2-c2ccc(-n3c4ccccc4c4cc(C#N)ccc43)cc2)c1.[C-]#[N+]c1ccc(-c2ccccc2-c2ccc(-n3c4ccc(C#N)cc4c4c(C#N)cccc43)cc2)c(-n2c3ccccc3c3ccccc32)c1.[C-]#[N+]c1ccc(-c2ccccc2-c2ccc(-n3c4ccc(C#N)cc4c4cc([N+]#[C-])ccc43)cc2)c(-n2c3ccccc3c3ccccc32)c1. The minimum atomic E-state index is 0.556. The van der Waals surface area contributed by atoms with Crippen LogP contribution in [0.3, 0.4) is 0 Å². The van der Waals surface area contributed by atoms with Crippen molar-refractivity contribution in [2.75, 3.05) is 0 Å². The molecule has 0 amide bonds. The van der Waals surface area contributed by atoms with Crippen molar-refractivity contribution in [2.24, 2.45) is 0 Å². The van der Waals surface area contributed by atoms with Crippen LogP contribution in [0.5, 0.6) is 0 Å². The van der Waals surface area contributed by atoms with E-state index < -0.39 is 0 Å². The number of para-hydroxylation sites is 7. The maximum atomic E-state index is 10.2. The summed E-state index contributed by atoms with van der Waals surface area (Å²) in [6, 6.07) is 167. The first-order chi connectivity index (χ1) is 74.0. The fourth-order valence-electron chi connectivity index (χ4n) is 22.3. The van der Waals surface area contributed by atoms with Crippen molar-refractivity contribution >= 4 is 148 Å². The number of rotatable bonds is 12. The van der Waals surface area contributed by atoms with Gasteiger partial charge < -0.3 is 27.4 Å². The van der Waals surface area contributed by atoms with Crippen molar-refractivity contribution in [3.63, 3.8) is 0 Å². The van der Waals surface area contributed by atoms with E-state index in [-0.39, 0.29) is 0 Å². The molecule has 0 fully saturated rings. The van der Waals surface area contributed by atoms with E-state index in [0.29, 0.717) is 50.4 Å². The molecule has 690 valence electrons. The van der Waals surface area contributed by atoms with E-state index in [0.717, 1.165) is 210 Å². The Morgan fingerprint density at radius 1 is 0.173 bits per heavy atom. The van der Waals surface area contributed by atoms with E-state index in [1.807, 2.05) is 182 Å². The Balaban J connectivity index is 0.000000116. The molecule has 0 saturated heterocycles. The average molecular weight is 1910 g/mol. The van der Waals surface area contributed by atoms with Crippen LogP contribution in [-0.2, 0) is 0 Å². The van der Waals surface area contributed by atoms with Crippen LogP contribution in [0.4, 0.5) is 17.1 Å². The summed E-state index contributed by atoms with van der Waals surface area (Å²) in [5.74, 6) is 0. The Morgan fingerprint density at radius 2 is 0.460 bits per heavy atom. The predicted octanol–water partition coefficient (Wildman–Crippen LogP) is 34.5. The Hall–Kier alpha value is -22.2. The number of hydrogen-bond donors (Lipinski definition) is 0. The van der Waals surface area contributed by atoms with Gasteiger partial charge in [0.25, 0.3) is 0 Å². The van der Waals surface area contributed by atoms with Gasteiger partial charge in [0, 0.05) is 104 Å². The zero-order valence-corrected chi connectivity index (χ0v) is 80.0. The minimum absolute atomic E-state index is 0.556. The molecule has 6 aromatic heterocycles. The third-order valence-corrected chi connectivity index (χ3v) is 28.9. The average Bonchev–Trinajstić information content (AvgIpc) is 1.56. The summed E-state index contributed by atoms with van der Waals surface area (Å²) in [5.41, 5.74) is 35.5. The largest absolute Gasteiger partial charge is 0.310 e. The lowest BCUT2D eigenvalue weighted by atomic mass is 9.92. The van der Waals surface area contributed by atoms with Gasteiger partial charge in [0.1, 0.15) is 6.07 Å². The Morgan fingerprint density at radius 3 is 0.880 bits per heavy atom. The monoisotopic (exact) mass is 1910 g/mol. The summed E-state index contributed by atoms with van der Waals surface area (Å²) in [5, 5.41) is 71.5. The highest BCUT2D eigenvalue weighted by atomic mass is 15.0. The molecular formula is C135H75N15. The molecule has 0 saturated carbocycles. The van der Waals surface area contributed by atoms with E-state index in [1.54, 1.807) is 0 Å². The molecule has 0 aliphatic heterocycles. The highest BCUT2D eigenvalue weighted by Crippen LogP contribution is 2.49. The van der Waals surface area contributed by atoms with Crippen molar-refractivity contribution in [2.45, 2.75) is 0 Å². The van der Waals surface area contributed by atoms with Crippen molar-refractivity contribution in [3.05, 3.63) is 523 Å². The third-order valence-electron chi connectivity index (χ3n) is 28.9. The summed E-state index contributed by atoms with van der Waals surface area (Å²) in [6.07, 6.45) is 0. The number of aromatic nitrogens is 6. The van der Waals surface area contributed by atoms with Crippen LogP contribution in [0, 0.1) is 87.7 Å². The summed E-state index contributed by atoms with van der Waals surface area (Å²) in [6.45, 7) is 23.3. The molecule has 0 atom stereocenters. The first kappa shape index (κ1) is 89.2. The van der Waals surface area contributed by atoms with Crippen molar-refractivity contribution in [1.82, 2.24) is 27.4 Å². The highest BCUT2D eigenvalue weighted by molar-refractivity contribution is 6.17. The van der Waals surface area contributed by atoms with Crippen LogP contribution in [0.15, 0.2) is 455 Å². The van der Waals surface area contributed by atoms with Gasteiger partial charge in [-0.1, -0.05) is 267 Å². The maximum Gasteiger partial charge on any atom is 0.189 e. The molecule has 150 heavy (non-hydrogen) atoms. The molecule has 0 aliphatic rings. The van der Waals surface area contributed by atoms with Gasteiger partial charge in [0.15, 0.2) is 17.1 Å². The van der Waals surface area contributed by atoms with Gasteiger partial charge in [-0.25, -0.2) is 14.5 Å². The van der Waals surface area contributed by atoms with Gasteiger partial charge in [-0.2, -0.15) is 31.6 Å². The Kier molecular flexibility index (Phi) is 22.0. The zero-order valence-electron chi connectivity index (χ0n) is 80.0. The predicted molar refractivity (Wildman–Crippen MR) is 605 cm³/mol. The third kappa shape index (κ3) is 14.8. The van der Waals surface area contributed by atoms with Crippen LogP contribution in [0.1, 0.15) is 33.4 Å². The number of hydrogen-bond acceptors (Lipinski definition) is 6. The topological polar surface area (TPSA) is 185 Å². The molecule has 0 N–H and O–H groups in total. The number of nitriles is 6. The van der Waals surface area contributed by atoms with E-state index in [9.17, 15) is 31.6 Å². The summed E-state index contributed by atoms with van der Waals surface area (Å²) >= 11 is 0. The van der Waals surface area contributed by atoms with Gasteiger partial charge in [-0.3, -0.25) is 0 Å². The lowest BCUT2D eigenvalue weighted by molar-refractivity contribution is 1.17. The second-order valence-corrected chi connectivity index (χ2v) is 36.8. The number of fused-ring (bicyclic) bond motifs is 18. The van der Waals surface area contributed by atoms with E-state index >= 15 is 0 Å². The van der Waals surface area contributed by atoms with Gasteiger partial charge in [-0.15, -0.1) is 0 Å². The second kappa shape index (κ2) is 37.0. The maximum absolute atomic E-state index is 10.2. The van der Waals surface area contributed by atoms with Crippen molar-refractivity contribution in [3.8, 4) is 137 Å². The minimum Gasteiger partial charge on any atom is -0.310 e. The van der Waals surface area contributed by atoms with Crippen LogP contribution >= 0.6 is 0 Å². The molecule has 6 heterocycles. The summed E-state index contributed by atoms with van der Waals surface area (Å²) < 4.78 is 13.3. The van der Waals surface area contributed by atoms with E-state index in [2.05, 4.69) is 351 Å². The van der Waals surface area contributed by atoms with Crippen LogP contribution in [0.2, 0.25) is 0 Å². The van der Waals surface area contributed by atoms with E-state index in [4.69, 9.17) is 19.7 Å². The van der Waals surface area contributed by atoms with E-state index in [1.165, 1.54) is 21.5 Å². The lowest BCUT2D eigenvalue weighted by Gasteiger charge is -2.18. The lowest BCUT2D eigenvalue weighted by Crippen LogP contribution is -2.00. The molecule has 0 spiro atoms. The number of benzene rings is 21. The summed E-state index contributed by atoms with van der Waals surface area (Å²) in [4.78, 5) is 11.3. The van der Waals surface area contributed by atoms with Gasteiger partial charge in [-0.05, 0) is 244 Å². The molecule has 0 aliphatic carbocycles.